The fourth-order valence-electron chi connectivity index (χ4n) is 1.45. The van der Waals surface area contributed by atoms with Crippen LogP contribution in [-0.2, 0) is 10.5 Å². The van der Waals surface area contributed by atoms with E-state index in [1.165, 1.54) is 11.8 Å². The van der Waals surface area contributed by atoms with E-state index < -0.39 is 0 Å². The van der Waals surface area contributed by atoms with Crippen molar-refractivity contribution in [2.24, 2.45) is 5.10 Å². The van der Waals surface area contributed by atoms with Crippen LogP contribution < -0.4 is 5.43 Å². The van der Waals surface area contributed by atoms with E-state index in [-0.39, 0.29) is 5.91 Å². The molecule has 0 radical (unpaired) electrons. The van der Waals surface area contributed by atoms with E-state index in [0.29, 0.717) is 11.5 Å². The molecule has 4 nitrogen and oxygen atoms in total. The predicted octanol–water partition coefficient (Wildman–Crippen LogP) is 3.43. The third-order valence-electron chi connectivity index (χ3n) is 2.32. The second kappa shape index (κ2) is 7.91. The van der Waals surface area contributed by atoms with E-state index >= 15 is 0 Å². The number of furan rings is 1. The lowest BCUT2D eigenvalue weighted by atomic mass is 10.2. The molecule has 2 aromatic rings. The second-order valence-electron chi connectivity index (χ2n) is 3.93. The van der Waals surface area contributed by atoms with Gasteiger partial charge in [0.25, 0.3) is 0 Å². The number of benzene rings is 1. The first kappa shape index (κ1) is 14.9. The summed E-state index contributed by atoms with van der Waals surface area (Å²) in [6, 6.07) is 11.6. The lowest BCUT2D eigenvalue weighted by molar-refractivity contribution is -0.118. The highest BCUT2D eigenvalue weighted by atomic mass is 79.9. The minimum atomic E-state index is -0.132. The van der Waals surface area contributed by atoms with Gasteiger partial charge in [-0.25, -0.2) is 5.43 Å². The summed E-state index contributed by atoms with van der Waals surface area (Å²) in [4.78, 5) is 11.5. The molecule has 0 spiro atoms. The van der Waals surface area contributed by atoms with Crippen LogP contribution in [-0.4, -0.2) is 17.9 Å². The Hall–Kier alpha value is -1.53. The Morgan fingerprint density at radius 1 is 1.40 bits per heavy atom. The smallest absolute Gasteiger partial charge is 0.250 e. The van der Waals surface area contributed by atoms with Gasteiger partial charge in [0.15, 0.2) is 0 Å². The summed E-state index contributed by atoms with van der Waals surface area (Å²) in [6.45, 7) is 0. The zero-order chi connectivity index (χ0) is 14.2. The van der Waals surface area contributed by atoms with Crippen molar-refractivity contribution in [3.63, 3.8) is 0 Å². The number of carbonyl (C=O) groups excluding carboxylic acids is 1. The molecule has 1 N–H and O–H groups in total. The third-order valence-corrected chi connectivity index (χ3v) is 3.81. The molecule has 1 aromatic carbocycles. The number of rotatable bonds is 6. The van der Waals surface area contributed by atoms with Crippen molar-refractivity contribution in [2.75, 3.05) is 5.75 Å². The molecule has 1 heterocycles. The number of hydrogen-bond acceptors (Lipinski definition) is 4. The Balaban J connectivity index is 1.68. The molecule has 0 aliphatic rings. The molecule has 0 fully saturated rings. The fourth-order valence-corrected chi connectivity index (χ4v) is 2.67. The predicted molar refractivity (Wildman–Crippen MR) is 84.7 cm³/mol. The lowest BCUT2D eigenvalue weighted by Crippen LogP contribution is -2.19. The van der Waals surface area contributed by atoms with E-state index in [2.05, 4.69) is 26.5 Å². The number of carbonyl (C=O) groups is 1. The largest absolute Gasteiger partial charge is 0.463 e. The Morgan fingerprint density at radius 2 is 2.30 bits per heavy atom. The Morgan fingerprint density at radius 3 is 3.05 bits per heavy atom. The standard InChI is InChI=1S/C14H13BrN2O2S/c15-12-4-1-3-11(7-12)9-20-10-14(18)17-16-8-13-5-2-6-19-13/h1-8H,9-10H2,(H,17,18)/b16-8-. The molecular weight excluding hydrogens is 340 g/mol. The minimum absolute atomic E-state index is 0.132. The molecule has 0 bridgehead atoms. The highest BCUT2D eigenvalue weighted by molar-refractivity contribution is 9.10. The van der Waals surface area contributed by atoms with Crippen molar-refractivity contribution in [3.05, 3.63) is 58.5 Å². The van der Waals surface area contributed by atoms with Gasteiger partial charge in [-0.2, -0.15) is 5.10 Å². The van der Waals surface area contributed by atoms with Gasteiger partial charge in [-0.15, -0.1) is 11.8 Å². The quantitative estimate of drug-likeness (QED) is 0.640. The molecule has 6 heteroatoms. The number of amides is 1. The van der Waals surface area contributed by atoms with Crippen molar-refractivity contribution in [2.45, 2.75) is 5.75 Å². The van der Waals surface area contributed by atoms with Gasteiger partial charge < -0.3 is 4.42 Å². The van der Waals surface area contributed by atoms with Gasteiger partial charge in [-0.1, -0.05) is 28.1 Å². The number of thioether (sulfide) groups is 1. The molecule has 0 unspecified atom stereocenters. The highest BCUT2D eigenvalue weighted by Gasteiger charge is 2.01. The van der Waals surface area contributed by atoms with Gasteiger partial charge >= 0.3 is 0 Å². The zero-order valence-corrected chi connectivity index (χ0v) is 13.0. The molecule has 104 valence electrons. The van der Waals surface area contributed by atoms with Crippen LogP contribution in [0.5, 0.6) is 0 Å². The first-order chi connectivity index (χ1) is 9.74. The maximum absolute atomic E-state index is 11.5. The summed E-state index contributed by atoms with van der Waals surface area (Å²) in [6.07, 6.45) is 3.02. The van der Waals surface area contributed by atoms with E-state index in [1.54, 1.807) is 30.2 Å². The van der Waals surface area contributed by atoms with Crippen LogP contribution in [0, 0.1) is 0 Å². The van der Waals surface area contributed by atoms with Crippen LogP contribution in [0.1, 0.15) is 11.3 Å². The Labute approximate surface area is 129 Å². The summed E-state index contributed by atoms with van der Waals surface area (Å²) in [7, 11) is 0. The van der Waals surface area contributed by atoms with E-state index in [0.717, 1.165) is 10.2 Å². The van der Waals surface area contributed by atoms with Crippen molar-refractivity contribution in [1.82, 2.24) is 5.43 Å². The van der Waals surface area contributed by atoms with Crippen LogP contribution in [0.4, 0.5) is 0 Å². The average molecular weight is 353 g/mol. The minimum Gasteiger partial charge on any atom is -0.463 e. The van der Waals surface area contributed by atoms with Gasteiger partial charge in [0.1, 0.15) is 5.76 Å². The van der Waals surface area contributed by atoms with Gasteiger partial charge in [0, 0.05) is 10.2 Å². The lowest BCUT2D eigenvalue weighted by Gasteiger charge is -2.02. The molecule has 0 aliphatic carbocycles. The second-order valence-corrected chi connectivity index (χ2v) is 5.83. The summed E-state index contributed by atoms with van der Waals surface area (Å²) < 4.78 is 6.10. The normalized spacial score (nSPS) is 10.8. The van der Waals surface area contributed by atoms with Gasteiger partial charge in [-0.3, -0.25) is 4.79 Å². The first-order valence-corrected chi connectivity index (χ1v) is 7.86. The molecular formula is C14H13BrN2O2S. The number of nitrogens with zero attached hydrogens (tertiary/aromatic N) is 1. The van der Waals surface area contributed by atoms with Crippen LogP contribution in [0.15, 0.2) is 56.7 Å². The van der Waals surface area contributed by atoms with Gasteiger partial charge in [-0.05, 0) is 29.8 Å². The number of hydrogen-bond donors (Lipinski definition) is 1. The van der Waals surface area contributed by atoms with Crippen LogP contribution >= 0.6 is 27.7 Å². The van der Waals surface area contributed by atoms with E-state index in [9.17, 15) is 4.79 Å². The first-order valence-electron chi connectivity index (χ1n) is 5.91. The molecule has 20 heavy (non-hydrogen) atoms. The molecule has 2 rings (SSSR count). The number of halogens is 1. The van der Waals surface area contributed by atoms with Gasteiger partial charge in [0.05, 0.1) is 18.2 Å². The van der Waals surface area contributed by atoms with Crippen LogP contribution in [0.2, 0.25) is 0 Å². The fraction of sp³-hybridized carbons (Fsp3) is 0.143. The molecule has 0 saturated heterocycles. The molecule has 1 amide bonds. The highest BCUT2D eigenvalue weighted by Crippen LogP contribution is 2.16. The van der Waals surface area contributed by atoms with E-state index in [4.69, 9.17) is 4.42 Å². The van der Waals surface area contributed by atoms with Crippen LogP contribution in [0.3, 0.4) is 0 Å². The van der Waals surface area contributed by atoms with Crippen molar-refractivity contribution in [3.8, 4) is 0 Å². The zero-order valence-electron chi connectivity index (χ0n) is 10.6. The van der Waals surface area contributed by atoms with E-state index in [1.807, 2.05) is 24.3 Å². The molecule has 0 atom stereocenters. The topological polar surface area (TPSA) is 54.6 Å². The SMILES string of the molecule is O=C(CSCc1cccc(Br)c1)N/N=C\c1ccco1. The Kier molecular flexibility index (Phi) is 5.88. The van der Waals surface area contributed by atoms with Crippen molar-refractivity contribution in [1.29, 1.82) is 0 Å². The van der Waals surface area contributed by atoms with Crippen LogP contribution in [0.25, 0.3) is 0 Å². The monoisotopic (exact) mass is 352 g/mol. The molecule has 1 aromatic heterocycles. The number of nitrogens with one attached hydrogen (secondary N) is 1. The molecule has 0 saturated carbocycles. The summed E-state index contributed by atoms with van der Waals surface area (Å²) >= 11 is 4.96. The summed E-state index contributed by atoms with van der Waals surface area (Å²) in [5.41, 5.74) is 3.64. The maximum atomic E-state index is 11.5. The van der Waals surface area contributed by atoms with Crippen molar-refractivity contribution >= 4 is 39.8 Å². The number of hydrazone groups is 1. The van der Waals surface area contributed by atoms with Gasteiger partial charge in [0.2, 0.25) is 5.91 Å². The summed E-state index contributed by atoms with van der Waals surface area (Å²) in [5.74, 6) is 1.62. The molecule has 0 aliphatic heterocycles. The summed E-state index contributed by atoms with van der Waals surface area (Å²) in [5, 5.41) is 3.81. The Bertz CT molecular complexity index is 585. The van der Waals surface area contributed by atoms with Crippen molar-refractivity contribution < 1.29 is 9.21 Å². The average Bonchev–Trinajstić information content (AvgIpc) is 2.92. The third kappa shape index (κ3) is 5.22. The maximum Gasteiger partial charge on any atom is 0.250 e.